The van der Waals surface area contributed by atoms with E-state index in [2.05, 4.69) is 9.97 Å². The Morgan fingerprint density at radius 1 is 1.29 bits per heavy atom. The highest BCUT2D eigenvalue weighted by Gasteiger charge is 2.09. The predicted molar refractivity (Wildman–Crippen MR) is 72.8 cm³/mol. The molecule has 0 amide bonds. The third kappa shape index (κ3) is 1.76. The highest BCUT2D eigenvalue weighted by molar-refractivity contribution is 14.1. The molecule has 0 saturated carbocycles. The highest BCUT2D eigenvalue weighted by Crippen LogP contribution is 2.27. The summed E-state index contributed by atoms with van der Waals surface area (Å²) in [5.41, 5.74) is 1.44. The zero-order chi connectivity index (χ0) is 11.8. The summed E-state index contributed by atoms with van der Waals surface area (Å²) in [5, 5.41) is 0.942. The van der Waals surface area contributed by atoms with Crippen LogP contribution in [-0.2, 0) is 0 Å². The molecule has 1 N–H and O–H groups in total. The maximum absolute atomic E-state index is 11.5. The number of furan rings is 1. The van der Waals surface area contributed by atoms with E-state index in [1.165, 1.54) is 0 Å². The average Bonchev–Trinajstić information content (AvgIpc) is 2.76. The monoisotopic (exact) mass is 338 g/mol. The SMILES string of the molecule is O=c1[nH]c(-c2coc3ccccc23)ncc1I. The van der Waals surface area contributed by atoms with Gasteiger partial charge in [-0.2, -0.15) is 0 Å². The number of H-pyrrole nitrogens is 1. The molecular formula is C12H7IN2O2. The van der Waals surface area contributed by atoms with Gasteiger partial charge < -0.3 is 9.40 Å². The molecule has 0 unspecified atom stereocenters. The quantitative estimate of drug-likeness (QED) is 0.694. The second kappa shape index (κ2) is 3.99. The minimum absolute atomic E-state index is 0.138. The van der Waals surface area contributed by atoms with Crippen LogP contribution in [0.1, 0.15) is 0 Å². The minimum atomic E-state index is -0.138. The summed E-state index contributed by atoms with van der Waals surface area (Å²) < 4.78 is 5.98. The van der Waals surface area contributed by atoms with E-state index in [1.807, 2.05) is 46.9 Å². The normalized spacial score (nSPS) is 10.9. The zero-order valence-corrected chi connectivity index (χ0v) is 10.8. The molecule has 2 aromatic heterocycles. The lowest BCUT2D eigenvalue weighted by Gasteiger charge is -1.97. The number of nitrogens with one attached hydrogen (secondary N) is 1. The van der Waals surface area contributed by atoms with E-state index >= 15 is 0 Å². The van der Waals surface area contributed by atoms with Crippen molar-refractivity contribution in [3.8, 4) is 11.4 Å². The van der Waals surface area contributed by atoms with Crippen LogP contribution in [0.2, 0.25) is 0 Å². The summed E-state index contributed by atoms with van der Waals surface area (Å²) in [4.78, 5) is 18.5. The van der Waals surface area contributed by atoms with Crippen molar-refractivity contribution in [3.63, 3.8) is 0 Å². The van der Waals surface area contributed by atoms with Crippen LogP contribution in [0.15, 0.2) is 45.9 Å². The Morgan fingerprint density at radius 2 is 2.12 bits per heavy atom. The fourth-order valence-electron chi connectivity index (χ4n) is 1.68. The maximum Gasteiger partial charge on any atom is 0.264 e. The molecule has 0 aliphatic heterocycles. The summed E-state index contributed by atoms with van der Waals surface area (Å²) in [6.45, 7) is 0. The topological polar surface area (TPSA) is 58.9 Å². The molecule has 17 heavy (non-hydrogen) atoms. The van der Waals surface area contributed by atoms with E-state index < -0.39 is 0 Å². The van der Waals surface area contributed by atoms with Crippen LogP contribution in [0.3, 0.4) is 0 Å². The van der Waals surface area contributed by atoms with Gasteiger partial charge in [0.1, 0.15) is 17.7 Å². The van der Waals surface area contributed by atoms with Gasteiger partial charge in [0.15, 0.2) is 0 Å². The molecule has 0 atom stereocenters. The first-order valence-electron chi connectivity index (χ1n) is 4.97. The van der Waals surface area contributed by atoms with Gasteiger partial charge >= 0.3 is 0 Å². The van der Waals surface area contributed by atoms with Crippen LogP contribution in [0.5, 0.6) is 0 Å². The molecule has 4 nitrogen and oxygen atoms in total. The van der Waals surface area contributed by atoms with Crippen molar-refractivity contribution in [1.82, 2.24) is 9.97 Å². The maximum atomic E-state index is 11.5. The van der Waals surface area contributed by atoms with Crippen LogP contribution in [-0.4, -0.2) is 9.97 Å². The summed E-state index contributed by atoms with van der Waals surface area (Å²) >= 11 is 1.95. The molecular weight excluding hydrogens is 331 g/mol. The van der Waals surface area contributed by atoms with Crippen molar-refractivity contribution in [2.24, 2.45) is 0 Å². The van der Waals surface area contributed by atoms with Gasteiger partial charge in [-0.25, -0.2) is 4.98 Å². The van der Waals surface area contributed by atoms with Gasteiger partial charge in [-0.3, -0.25) is 4.79 Å². The molecule has 3 rings (SSSR count). The molecule has 0 bridgehead atoms. The van der Waals surface area contributed by atoms with E-state index in [0.717, 1.165) is 16.5 Å². The van der Waals surface area contributed by atoms with Crippen molar-refractivity contribution in [2.75, 3.05) is 0 Å². The molecule has 5 heteroatoms. The number of aromatic nitrogens is 2. The summed E-state index contributed by atoms with van der Waals surface area (Å²) in [5.74, 6) is 0.528. The van der Waals surface area contributed by atoms with Crippen LogP contribution >= 0.6 is 22.6 Å². The van der Waals surface area contributed by atoms with E-state index in [4.69, 9.17) is 4.42 Å². The molecule has 0 spiro atoms. The number of hydrogen-bond acceptors (Lipinski definition) is 3. The summed E-state index contributed by atoms with van der Waals surface area (Å²) in [7, 11) is 0. The lowest BCUT2D eigenvalue weighted by molar-refractivity contribution is 0.616. The van der Waals surface area contributed by atoms with Crippen molar-refractivity contribution in [2.45, 2.75) is 0 Å². The van der Waals surface area contributed by atoms with Gasteiger partial charge in [-0.15, -0.1) is 0 Å². The molecule has 0 saturated heterocycles. The molecule has 0 fully saturated rings. The summed E-state index contributed by atoms with van der Waals surface area (Å²) in [6.07, 6.45) is 3.16. The average molecular weight is 338 g/mol. The van der Waals surface area contributed by atoms with Crippen molar-refractivity contribution in [3.05, 3.63) is 50.6 Å². The zero-order valence-electron chi connectivity index (χ0n) is 8.61. The third-order valence-electron chi connectivity index (χ3n) is 2.49. The Hall–Kier alpha value is -1.63. The Labute approximate surface area is 110 Å². The van der Waals surface area contributed by atoms with E-state index in [1.54, 1.807) is 12.5 Å². The van der Waals surface area contributed by atoms with Crippen LogP contribution in [0.25, 0.3) is 22.4 Å². The lowest BCUT2D eigenvalue weighted by Crippen LogP contribution is -2.11. The number of hydrogen-bond donors (Lipinski definition) is 1. The second-order valence-electron chi connectivity index (χ2n) is 3.55. The summed E-state index contributed by atoms with van der Waals surface area (Å²) in [6, 6.07) is 7.64. The largest absolute Gasteiger partial charge is 0.464 e. The predicted octanol–water partition coefficient (Wildman–Crippen LogP) is 2.79. The van der Waals surface area contributed by atoms with Crippen LogP contribution in [0.4, 0.5) is 0 Å². The number of fused-ring (bicyclic) bond motifs is 1. The van der Waals surface area contributed by atoms with Gasteiger partial charge in [0.25, 0.3) is 5.56 Å². The smallest absolute Gasteiger partial charge is 0.264 e. The van der Waals surface area contributed by atoms with E-state index in [0.29, 0.717) is 9.39 Å². The number of benzene rings is 1. The molecule has 0 aliphatic rings. The number of rotatable bonds is 1. The van der Waals surface area contributed by atoms with Crippen LogP contribution < -0.4 is 5.56 Å². The fraction of sp³-hybridized carbons (Fsp3) is 0. The van der Waals surface area contributed by atoms with Gasteiger partial charge in [0.2, 0.25) is 0 Å². The van der Waals surface area contributed by atoms with Gasteiger partial charge in [-0.1, -0.05) is 18.2 Å². The molecule has 1 aromatic carbocycles. The molecule has 0 radical (unpaired) electrons. The fourth-order valence-corrected chi connectivity index (χ4v) is 1.95. The molecule has 3 aromatic rings. The highest BCUT2D eigenvalue weighted by atomic mass is 127. The Bertz CT molecular complexity index is 745. The standard InChI is InChI=1S/C12H7IN2O2/c13-9-5-14-11(15-12(9)16)8-6-17-10-4-2-1-3-7(8)10/h1-6H,(H,14,15,16). The van der Waals surface area contributed by atoms with Gasteiger partial charge in [-0.05, 0) is 28.7 Å². The number of halogens is 1. The van der Waals surface area contributed by atoms with E-state index in [9.17, 15) is 4.79 Å². The lowest BCUT2D eigenvalue weighted by atomic mass is 10.1. The van der Waals surface area contributed by atoms with Crippen molar-refractivity contribution in [1.29, 1.82) is 0 Å². The first-order chi connectivity index (χ1) is 8.25. The number of nitrogens with zero attached hydrogens (tertiary/aromatic N) is 1. The first-order valence-corrected chi connectivity index (χ1v) is 6.05. The van der Waals surface area contributed by atoms with E-state index in [-0.39, 0.29) is 5.56 Å². The van der Waals surface area contributed by atoms with Gasteiger partial charge in [0.05, 0.1) is 9.13 Å². The third-order valence-corrected chi connectivity index (χ3v) is 3.26. The Kier molecular flexibility index (Phi) is 2.47. The second-order valence-corrected chi connectivity index (χ2v) is 4.72. The number of aromatic amines is 1. The number of para-hydroxylation sites is 1. The van der Waals surface area contributed by atoms with Gasteiger partial charge in [0, 0.05) is 11.6 Å². The van der Waals surface area contributed by atoms with Crippen LogP contribution in [0, 0.1) is 3.57 Å². The molecule has 84 valence electrons. The molecule has 2 heterocycles. The Balaban J connectivity index is 2.27. The molecule has 0 aliphatic carbocycles. The minimum Gasteiger partial charge on any atom is -0.464 e. The van der Waals surface area contributed by atoms with Crippen molar-refractivity contribution >= 4 is 33.6 Å². The first kappa shape index (κ1) is 10.5. The Morgan fingerprint density at radius 3 is 2.94 bits per heavy atom. The van der Waals surface area contributed by atoms with Crippen molar-refractivity contribution < 1.29 is 4.42 Å².